The third-order valence-corrected chi connectivity index (χ3v) is 3.21. The third kappa shape index (κ3) is 4.03. The van der Waals surface area contributed by atoms with Gasteiger partial charge in [0, 0.05) is 38.0 Å². The summed E-state index contributed by atoms with van der Waals surface area (Å²) in [5.41, 5.74) is 0.908. The molecule has 0 radical (unpaired) electrons. The van der Waals surface area contributed by atoms with E-state index in [4.69, 9.17) is 0 Å². The lowest BCUT2D eigenvalue weighted by molar-refractivity contribution is 0.683. The molecular formula is C16H25N5. The molecule has 1 N–H and O–H groups in total. The first-order valence-corrected chi connectivity index (χ1v) is 7.91. The first kappa shape index (κ1) is 15.5. The smallest absolute Gasteiger partial charge is 0.158 e. The fourth-order valence-corrected chi connectivity index (χ4v) is 2.25. The van der Waals surface area contributed by atoms with Gasteiger partial charge in [0.15, 0.2) is 5.82 Å². The molecule has 0 bridgehead atoms. The lowest BCUT2D eigenvalue weighted by atomic mass is 10.3. The van der Waals surface area contributed by atoms with E-state index in [9.17, 15) is 0 Å². The number of aromatic nitrogens is 4. The molecule has 0 aliphatic carbocycles. The second kappa shape index (κ2) is 7.76. The van der Waals surface area contributed by atoms with E-state index < -0.39 is 0 Å². The van der Waals surface area contributed by atoms with Gasteiger partial charge >= 0.3 is 0 Å². The number of aryl methyl sites for hydroxylation is 2. The predicted octanol–water partition coefficient (Wildman–Crippen LogP) is 3.52. The number of nitrogens with zero attached hydrogens (tertiary/aromatic N) is 4. The van der Waals surface area contributed by atoms with Gasteiger partial charge in [-0.3, -0.25) is 0 Å². The van der Waals surface area contributed by atoms with Gasteiger partial charge in [0.1, 0.15) is 17.3 Å². The summed E-state index contributed by atoms with van der Waals surface area (Å²) in [5.74, 6) is 2.71. The first-order valence-electron chi connectivity index (χ1n) is 7.91. The fraction of sp³-hybridized carbons (Fsp3) is 0.562. The van der Waals surface area contributed by atoms with Crippen LogP contribution in [0.5, 0.6) is 0 Å². The lowest BCUT2D eigenvalue weighted by Crippen LogP contribution is -2.08. The number of anilines is 1. The average Bonchev–Trinajstić information content (AvgIpc) is 2.94. The SMILES string of the molecule is CCCNc1cc(-c2nccn2CCC)nc(CCC)n1. The van der Waals surface area contributed by atoms with Crippen LogP contribution in [-0.2, 0) is 13.0 Å². The van der Waals surface area contributed by atoms with Gasteiger partial charge in [0.2, 0.25) is 0 Å². The van der Waals surface area contributed by atoms with Crippen LogP contribution in [0, 0.1) is 0 Å². The summed E-state index contributed by atoms with van der Waals surface area (Å²) in [5, 5.41) is 3.36. The maximum atomic E-state index is 4.68. The van der Waals surface area contributed by atoms with Gasteiger partial charge in [-0.2, -0.15) is 0 Å². The van der Waals surface area contributed by atoms with Crippen LogP contribution in [-0.4, -0.2) is 26.1 Å². The molecule has 0 fully saturated rings. The van der Waals surface area contributed by atoms with E-state index in [2.05, 4.69) is 45.6 Å². The fourth-order valence-electron chi connectivity index (χ4n) is 2.25. The van der Waals surface area contributed by atoms with Crippen molar-refractivity contribution in [3.63, 3.8) is 0 Å². The monoisotopic (exact) mass is 287 g/mol. The minimum Gasteiger partial charge on any atom is -0.370 e. The van der Waals surface area contributed by atoms with Crippen molar-refractivity contribution in [2.75, 3.05) is 11.9 Å². The van der Waals surface area contributed by atoms with Gasteiger partial charge in [-0.25, -0.2) is 15.0 Å². The Morgan fingerprint density at radius 3 is 2.67 bits per heavy atom. The maximum Gasteiger partial charge on any atom is 0.158 e. The summed E-state index contributed by atoms with van der Waals surface area (Å²) in [6, 6.07) is 2.00. The number of nitrogens with one attached hydrogen (secondary N) is 1. The summed E-state index contributed by atoms with van der Waals surface area (Å²) >= 11 is 0. The summed E-state index contributed by atoms with van der Waals surface area (Å²) < 4.78 is 2.15. The molecule has 5 heteroatoms. The van der Waals surface area contributed by atoms with Crippen molar-refractivity contribution in [3.8, 4) is 11.5 Å². The summed E-state index contributed by atoms with van der Waals surface area (Å²) in [6.07, 6.45) is 7.94. The molecule has 114 valence electrons. The van der Waals surface area contributed by atoms with Crippen LogP contribution in [0.4, 0.5) is 5.82 Å². The van der Waals surface area contributed by atoms with Crippen LogP contribution in [0.3, 0.4) is 0 Å². The maximum absolute atomic E-state index is 4.68. The van der Waals surface area contributed by atoms with E-state index in [1.54, 1.807) is 0 Å². The van der Waals surface area contributed by atoms with E-state index in [1.165, 1.54) is 0 Å². The van der Waals surface area contributed by atoms with Crippen LogP contribution in [0.15, 0.2) is 18.5 Å². The van der Waals surface area contributed by atoms with Crippen LogP contribution in [0.2, 0.25) is 0 Å². The quantitative estimate of drug-likeness (QED) is 0.807. The zero-order chi connectivity index (χ0) is 15.1. The normalized spacial score (nSPS) is 10.8. The summed E-state index contributed by atoms with van der Waals surface area (Å²) in [6.45, 7) is 8.34. The average molecular weight is 287 g/mol. The molecule has 0 spiro atoms. The molecule has 0 aromatic carbocycles. The molecular weight excluding hydrogens is 262 g/mol. The molecule has 21 heavy (non-hydrogen) atoms. The highest BCUT2D eigenvalue weighted by Gasteiger charge is 2.11. The zero-order valence-electron chi connectivity index (χ0n) is 13.3. The highest BCUT2D eigenvalue weighted by molar-refractivity contribution is 5.55. The van der Waals surface area contributed by atoms with Crippen molar-refractivity contribution in [1.82, 2.24) is 19.5 Å². The van der Waals surface area contributed by atoms with E-state index in [1.807, 2.05) is 18.5 Å². The van der Waals surface area contributed by atoms with Gasteiger partial charge in [0.25, 0.3) is 0 Å². The summed E-state index contributed by atoms with van der Waals surface area (Å²) in [4.78, 5) is 13.7. The second-order valence-corrected chi connectivity index (χ2v) is 5.18. The Morgan fingerprint density at radius 1 is 1.10 bits per heavy atom. The van der Waals surface area contributed by atoms with Crippen molar-refractivity contribution in [2.24, 2.45) is 0 Å². The van der Waals surface area contributed by atoms with Crippen molar-refractivity contribution in [2.45, 2.75) is 53.0 Å². The second-order valence-electron chi connectivity index (χ2n) is 5.18. The van der Waals surface area contributed by atoms with Gasteiger partial charge in [-0.15, -0.1) is 0 Å². The van der Waals surface area contributed by atoms with E-state index >= 15 is 0 Å². The molecule has 0 atom stereocenters. The highest BCUT2D eigenvalue weighted by atomic mass is 15.1. The Kier molecular flexibility index (Phi) is 5.72. The van der Waals surface area contributed by atoms with E-state index in [-0.39, 0.29) is 0 Å². The van der Waals surface area contributed by atoms with Crippen molar-refractivity contribution < 1.29 is 0 Å². The Morgan fingerprint density at radius 2 is 1.95 bits per heavy atom. The Labute approximate surface area is 126 Å². The van der Waals surface area contributed by atoms with Crippen molar-refractivity contribution in [3.05, 3.63) is 24.3 Å². The number of imidazole rings is 1. The Hall–Kier alpha value is -1.91. The van der Waals surface area contributed by atoms with Crippen LogP contribution in [0.1, 0.15) is 45.9 Å². The minimum atomic E-state index is 0.889. The molecule has 2 heterocycles. The van der Waals surface area contributed by atoms with Crippen molar-refractivity contribution >= 4 is 5.82 Å². The molecule has 0 saturated heterocycles. The molecule has 2 rings (SSSR count). The van der Waals surface area contributed by atoms with E-state index in [0.29, 0.717) is 0 Å². The number of hydrogen-bond donors (Lipinski definition) is 1. The zero-order valence-corrected chi connectivity index (χ0v) is 13.3. The molecule has 5 nitrogen and oxygen atoms in total. The number of rotatable bonds is 8. The first-order chi connectivity index (χ1) is 10.3. The molecule has 0 unspecified atom stereocenters. The largest absolute Gasteiger partial charge is 0.370 e. The number of hydrogen-bond acceptors (Lipinski definition) is 4. The minimum absolute atomic E-state index is 0.889. The lowest BCUT2D eigenvalue weighted by Gasteiger charge is -2.10. The van der Waals surface area contributed by atoms with Gasteiger partial charge in [-0.05, 0) is 19.3 Å². The van der Waals surface area contributed by atoms with Crippen LogP contribution in [0.25, 0.3) is 11.5 Å². The van der Waals surface area contributed by atoms with E-state index in [0.717, 1.165) is 61.9 Å². The van der Waals surface area contributed by atoms with Crippen LogP contribution >= 0.6 is 0 Å². The topological polar surface area (TPSA) is 55.6 Å². The van der Waals surface area contributed by atoms with Crippen LogP contribution < -0.4 is 5.32 Å². The van der Waals surface area contributed by atoms with Gasteiger partial charge in [-0.1, -0.05) is 20.8 Å². The predicted molar refractivity (Wildman–Crippen MR) is 86.3 cm³/mol. The molecule has 0 amide bonds. The Bertz CT molecular complexity index is 562. The highest BCUT2D eigenvalue weighted by Crippen LogP contribution is 2.19. The molecule has 0 aliphatic rings. The summed E-state index contributed by atoms with van der Waals surface area (Å²) in [7, 11) is 0. The molecule has 2 aromatic heterocycles. The molecule has 0 saturated carbocycles. The third-order valence-electron chi connectivity index (χ3n) is 3.21. The van der Waals surface area contributed by atoms with Gasteiger partial charge < -0.3 is 9.88 Å². The Balaban J connectivity index is 2.36. The van der Waals surface area contributed by atoms with Gasteiger partial charge in [0.05, 0.1) is 0 Å². The van der Waals surface area contributed by atoms with Crippen molar-refractivity contribution in [1.29, 1.82) is 0 Å². The molecule has 0 aliphatic heterocycles. The molecule has 2 aromatic rings. The standard InChI is InChI=1S/C16H25N5/c1-4-7-14-19-13(12-15(20-14)17-8-5-2)16-18-9-11-21(16)10-6-3/h9,11-12H,4-8,10H2,1-3H3,(H,17,19,20).